The molecule has 0 aliphatic carbocycles. The third kappa shape index (κ3) is 6.96. The first-order chi connectivity index (χ1) is 15.0. The van der Waals surface area contributed by atoms with E-state index in [1.165, 1.54) is 12.3 Å². The van der Waals surface area contributed by atoms with Crippen molar-refractivity contribution in [2.75, 3.05) is 30.0 Å². The van der Waals surface area contributed by atoms with E-state index >= 15 is 0 Å². The number of halogens is 1. The fourth-order valence-corrected chi connectivity index (χ4v) is 2.46. The Bertz CT molecular complexity index is 1030. The average Bonchev–Trinajstić information content (AvgIpc) is 2.78. The smallest absolute Gasteiger partial charge is 0.254 e. The molecule has 10 heteroatoms. The summed E-state index contributed by atoms with van der Waals surface area (Å²) in [7, 11) is 3.38. The topological polar surface area (TPSA) is 134 Å². The number of carbonyl (C=O) groups is 2. The third-order valence-electron chi connectivity index (χ3n) is 3.98. The largest absolute Gasteiger partial charge is 0.388 e. The van der Waals surface area contributed by atoms with Gasteiger partial charge in [-0.1, -0.05) is 24.3 Å². The van der Waals surface area contributed by atoms with Crippen LogP contribution in [0.25, 0.3) is 0 Å². The first kappa shape index (κ1) is 23.1. The highest BCUT2D eigenvalue weighted by Crippen LogP contribution is 2.20. The number of nitrogens with two attached hydrogens (primary N) is 1. The van der Waals surface area contributed by atoms with Crippen LogP contribution in [0, 0.1) is 5.82 Å². The fourth-order valence-electron chi connectivity index (χ4n) is 2.46. The molecule has 0 atom stereocenters. The molecule has 0 aliphatic rings. The van der Waals surface area contributed by atoms with E-state index < -0.39 is 5.91 Å². The van der Waals surface area contributed by atoms with Crippen molar-refractivity contribution in [3.63, 3.8) is 0 Å². The van der Waals surface area contributed by atoms with E-state index in [9.17, 15) is 9.18 Å². The molecule has 0 saturated heterocycles. The molecule has 3 rings (SSSR count). The quantitative estimate of drug-likeness (QED) is 0.350. The summed E-state index contributed by atoms with van der Waals surface area (Å²) in [5.74, 6) is -0.506. The number of nitrogens with one attached hydrogen (secondary N) is 4. The van der Waals surface area contributed by atoms with Gasteiger partial charge in [0.15, 0.2) is 0 Å². The predicted octanol–water partition coefficient (Wildman–Crippen LogP) is 2.47. The Hall–Kier alpha value is -4.21. The number of anilines is 4. The van der Waals surface area contributed by atoms with Crippen molar-refractivity contribution in [3.8, 4) is 0 Å². The molecule has 0 radical (unpaired) electrons. The number of benzene rings is 2. The van der Waals surface area contributed by atoms with Gasteiger partial charge in [0.2, 0.25) is 12.4 Å². The van der Waals surface area contributed by atoms with Crippen molar-refractivity contribution in [1.82, 2.24) is 15.3 Å². The van der Waals surface area contributed by atoms with Gasteiger partial charge >= 0.3 is 0 Å². The number of hydrogen-bond acceptors (Lipinski definition) is 7. The second-order valence-corrected chi connectivity index (χ2v) is 6.13. The van der Waals surface area contributed by atoms with Crippen LogP contribution in [0.15, 0.2) is 54.7 Å². The first-order valence-corrected chi connectivity index (χ1v) is 9.28. The van der Waals surface area contributed by atoms with Crippen LogP contribution in [0.2, 0.25) is 0 Å². The standard InChI is InChI=1S/C19H19FN6O.C2H5NO/c1-22-13-6-4-7-14(9-13)25-19-24-11-15(17(21)27)18(26-19)23-10-12-5-2-3-8-16(12)20;1-3-2-4/h2-9,11,22H,10H2,1H3,(H2,21,27)(H2,23,24,25,26);2H,1H3,(H,3,4). The molecule has 2 aromatic carbocycles. The zero-order valence-corrected chi connectivity index (χ0v) is 17.1. The lowest BCUT2D eigenvalue weighted by atomic mass is 10.2. The lowest BCUT2D eigenvalue weighted by molar-refractivity contribution is -0.109. The van der Waals surface area contributed by atoms with E-state index in [1.807, 2.05) is 31.3 Å². The maximum atomic E-state index is 13.8. The van der Waals surface area contributed by atoms with Gasteiger partial charge in [-0.05, 0) is 24.3 Å². The van der Waals surface area contributed by atoms with Crippen molar-refractivity contribution >= 4 is 35.5 Å². The Morgan fingerprint density at radius 1 is 1.13 bits per heavy atom. The minimum absolute atomic E-state index is 0.126. The number of hydrogen-bond donors (Lipinski definition) is 5. The lowest BCUT2D eigenvalue weighted by Gasteiger charge is -2.12. The van der Waals surface area contributed by atoms with Crippen molar-refractivity contribution < 1.29 is 14.0 Å². The molecule has 0 bridgehead atoms. The number of rotatable bonds is 8. The third-order valence-corrected chi connectivity index (χ3v) is 3.98. The summed E-state index contributed by atoms with van der Waals surface area (Å²) in [5.41, 5.74) is 7.66. The normalized spacial score (nSPS) is 9.65. The molecular formula is C21H24FN7O2. The van der Waals surface area contributed by atoms with Crippen LogP contribution in [0.3, 0.4) is 0 Å². The number of nitrogens with zero attached hydrogens (tertiary/aromatic N) is 2. The monoisotopic (exact) mass is 425 g/mol. The Morgan fingerprint density at radius 3 is 2.48 bits per heavy atom. The van der Waals surface area contributed by atoms with Gasteiger partial charge in [0.25, 0.3) is 5.91 Å². The summed E-state index contributed by atoms with van der Waals surface area (Å²) in [4.78, 5) is 29.2. The summed E-state index contributed by atoms with van der Waals surface area (Å²) < 4.78 is 13.8. The van der Waals surface area contributed by atoms with E-state index in [0.717, 1.165) is 11.4 Å². The molecule has 3 aromatic rings. The van der Waals surface area contributed by atoms with Crippen LogP contribution in [0.1, 0.15) is 15.9 Å². The molecule has 0 unspecified atom stereocenters. The highest BCUT2D eigenvalue weighted by atomic mass is 19.1. The maximum absolute atomic E-state index is 13.8. The van der Waals surface area contributed by atoms with Gasteiger partial charge in [0, 0.05) is 43.8 Å². The van der Waals surface area contributed by atoms with Crippen LogP contribution in [-0.4, -0.2) is 36.4 Å². The maximum Gasteiger partial charge on any atom is 0.254 e. The van der Waals surface area contributed by atoms with E-state index in [2.05, 4.69) is 31.2 Å². The minimum atomic E-state index is -0.672. The van der Waals surface area contributed by atoms with Crippen LogP contribution >= 0.6 is 0 Å². The SMILES string of the molecule is CNC=O.CNc1cccc(Nc2ncc(C(N)=O)c(NCc3ccccc3F)n2)c1. The molecule has 0 saturated carbocycles. The lowest BCUT2D eigenvalue weighted by Crippen LogP contribution is -2.17. The molecule has 9 nitrogen and oxygen atoms in total. The van der Waals surface area contributed by atoms with Crippen LogP contribution in [-0.2, 0) is 11.3 Å². The Kier molecular flexibility index (Phi) is 8.72. The average molecular weight is 425 g/mol. The Balaban J connectivity index is 0.000000785. The van der Waals surface area contributed by atoms with Crippen molar-refractivity contribution in [3.05, 3.63) is 71.7 Å². The molecule has 0 aliphatic heterocycles. The summed E-state index contributed by atoms with van der Waals surface area (Å²) in [6, 6.07) is 13.9. The van der Waals surface area contributed by atoms with Crippen molar-refractivity contribution in [2.45, 2.75) is 6.54 Å². The molecular weight excluding hydrogens is 401 g/mol. The van der Waals surface area contributed by atoms with E-state index in [1.54, 1.807) is 25.2 Å². The van der Waals surface area contributed by atoms with Crippen molar-refractivity contribution in [1.29, 1.82) is 0 Å². The van der Waals surface area contributed by atoms with Gasteiger partial charge in [-0.3, -0.25) is 9.59 Å². The molecule has 31 heavy (non-hydrogen) atoms. The van der Waals surface area contributed by atoms with Crippen LogP contribution < -0.4 is 27.0 Å². The minimum Gasteiger partial charge on any atom is -0.388 e. The second-order valence-electron chi connectivity index (χ2n) is 6.13. The van der Waals surface area contributed by atoms with E-state index in [0.29, 0.717) is 12.0 Å². The van der Waals surface area contributed by atoms with Crippen molar-refractivity contribution in [2.24, 2.45) is 5.73 Å². The Morgan fingerprint density at radius 2 is 1.84 bits per heavy atom. The molecule has 0 fully saturated rings. The van der Waals surface area contributed by atoms with E-state index in [4.69, 9.17) is 10.5 Å². The molecule has 6 N–H and O–H groups in total. The summed E-state index contributed by atoms with van der Waals surface area (Å²) in [6.45, 7) is 0.151. The van der Waals surface area contributed by atoms with Gasteiger partial charge in [-0.15, -0.1) is 0 Å². The highest BCUT2D eigenvalue weighted by molar-refractivity contribution is 5.97. The summed E-state index contributed by atoms with van der Waals surface area (Å²) >= 11 is 0. The first-order valence-electron chi connectivity index (χ1n) is 9.28. The molecule has 1 heterocycles. The number of carbonyl (C=O) groups excluding carboxylic acids is 2. The number of primary amides is 1. The fraction of sp³-hybridized carbons (Fsp3) is 0.143. The van der Waals surface area contributed by atoms with Crippen LogP contribution in [0.5, 0.6) is 0 Å². The van der Waals surface area contributed by atoms with Gasteiger partial charge in [-0.2, -0.15) is 4.98 Å². The molecule has 162 valence electrons. The summed E-state index contributed by atoms with van der Waals surface area (Å²) in [6.07, 6.45) is 1.96. The number of aromatic nitrogens is 2. The molecule has 1 aromatic heterocycles. The zero-order chi connectivity index (χ0) is 22.6. The Labute approximate surface area is 179 Å². The van der Waals surface area contributed by atoms with Crippen LogP contribution in [0.4, 0.5) is 27.5 Å². The second kappa shape index (κ2) is 11.7. The number of amides is 2. The molecule has 2 amide bonds. The predicted molar refractivity (Wildman–Crippen MR) is 119 cm³/mol. The van der Waals surface area contributed by atoms with E-state index in [-0.39, 0.29) is 29.7 Å². The van der Waals surface area contributed by atoms with Gasteiger partial charge in [0.05, 0.1) is 5.56 Å². The molecule has 0 spiro atoms. The van der Waals surface area contributed by atoms with Gasteiger partial charge in [-0.25, -0.2) is 9.37 Å². The summed E-state index contributed by atoms with van der Waals surface area (Å²) in [5, 5.41) is 11.3. The van der Waals surface area contributed by atoms with Gasteiger partial charge in [0.1, 0.15) is 11.6 Å². The zero-order valence-electron chi connectivity index (χ0n) is 17.1. The highest BCUT2D eigenvalue weighted by Gasteiger charge is 2.13. The van der Waals surface area contributed by atoms with Gasteiger partial charge < -0.3 is 27.0 Å².